The van der Waals surface area contributed by atoms with Crippen molar-refractivity contribution in [1.82, 2.24) is 20.3 Å². The van der Waals surface area contributed by atoms with Crippen LogP contribution >= 0.6 is 0 Å². The average molecular weight is 440 g/mol. The molecular formula is C23H29N5O4. The van der Waals surface area contributed by atoms with E-state index in [4.69, 9.17) is 4.74 Å². The molecule has 3 heterocycles. The Morgan fingerprint density at radius 2 is 1.75 bits per heavy atom. The monoisotopic (exact) mass is 439 g/mol. The van der Waals surface area contributed by atoms with Crippen molar-refractivity contribution < 1.29 is 19.5 Å². The van der Waals surface area contributed by atoms with Crippen LogP contribution in [0.25, 0.3) is 0 Å². The molecule has 0 saturated carbocycles. The van der Waals surface area contributed by atoms with Gasteiger partial charge >= 0.3 is 0 Å². The number of likely N-dealkylation sites (tertiary alicyclic amines) is 1. The second-order valence-corrected chi connectivity index (χ2v) is 8.27. The number of piperidine rings is 1. The number of carbonyl (C=O) groups excluding carboxylic acids is 2. The SMILES string of the molecule is CN1C[C@@H](Oc2ccncc2)CC(C(=O)NO)C1C(=O)N1CCN(c2ccccc2)CC1. The molecule has 32 heavy (non-hydrogen) atoms. The van der Waals surface area contributed by atoms with Gasteiger partial charge in [-0.1, -0.05) is 18.2 Å². The molecule has 2 saturated heterocycles. The van der Waals surface area contributed by atoms with Crippen molar-refractivity contribution in [3.05, 3.63) is 54.9 Å². The Bertz CT molecular complexity index is 905. The number of amides is 2. The van der Waals surface area contributed by atoms with E-state index < -0.39 is 17.9 Å². The van der Waals surface area contributed by atoms with E-state index in [1.165, 1.54) is 0 Å². The first kappa shape index (κ1) is 22.0. The number of hydrogen-bond acceptors (Lipinski definition) is 7. The molecule has 2 N–H and O–H groups in total. The van der Waals surface area contributed by atoms with Crippen LogP contribution in [-0.4, -0.2) is 83.7 Å². The van der Waals surface area contributed by atoms with Crippen molar-refractivity contribution in [3.63, 3.8) is 0 Å². The van der Waals surface area contributed by atoms with Crippen molar-refractivity contribution in [2.24, 2.45) is 5.92 Å². The first-order valence-corrected chi connectivity index (χ1v) is 10.9. The quantitative estimate of drug-likeness (QED) is 0.530. The van der Waals surface area contributed by atoms with Gasteiger partial charge in [0.2, 0.25) is 11.8 Å². The molecular weight excluding hydrogens is 410 g/mol. The Morgan fingerprint density at radius 1 is 1.06 bits per heavy atom. The summed E-state index contributed by atoms with van der Waals surface area (Å²) in [5.41, 5.74) is 2.89. The molecule has 2 aliphatic heterocycles. The van der Waals surface area contributed by atoms with Crippen LogP contribution in [0.2, 0.25) is 0 Å². The summed E-state index contributed by atoms with van der Waals surface area (Å²) in [6, 6.07) is 13.0. The van der Waals surface area contributed by atoms with E-state index in [0.29, 0.717) is 31.8 Å². The van der Waals surface area contributed by atoms with E-state index in [1.807, 2.05) is 35.0 Å². The number of ether oxygens (including phenoxy) is 1. The molecule has 170 valence electrons. The Morgan fingerprint density at radius 3 is 2.41 bits per heavy atom. The minimum Gasteiger partial charge on any atom is -0.489 e. The molecule has 1 aromatic carbocycles. The molecule has 1 aromatic heterocycles. The number of nitrogens with one attached hydrogen (secondary N) is 1. The molecule has 4 rings (SSSR count). The van der Waals surface area contributed by atoms with Crippen molar-refractivity contribution in [1.29, 1.82) is 0 Å². The fourth-order valence-corrected chi connectivity index (χ4v) is 4.63. The number of hydrogen-bond donors (Lipinski definition) is 2. The van der Waals surface area contributed by atoms with Crippen molar-refractivity contribution >= 4 is 17.5 Å². The number of nitrogens with zero attached hydrogens (tertiary/aromatic N) is 4. The third kappa shape index (κ3) is 4.84. The highest BCUT2D eigenvalue weighted by Gasteiger charge is 2.45. The predicted molar refractivity (Wildman–Crippen MR) is 118 cm³/mol. The molecule has 9 nitrogen and oxygen atoms in total. The number of para-hydroxylation sites is 1. The predicted octanol–water partition coefficient (Wildman–Crippen LogP) is 1.00. The number of piperazine rings is 1. The van der Waals surface area contributed by atoms with Gasteiger partial charge in [0.1, 0.15) is 17.9 Å². The van der Waals surface area contributed by atoms with E-state index in [9.17, 15) is 14.8 Å². The fraction of sp³-hybridized carbons (Fsp3) is 0.435. The Labute approximate surface area is 187 Å². The maximum atomic E-state index is 13.5. The minimum atomic E-state index is -0.717. The zero-order chi connectivity index (χ0) is 22.5. The smallest absolute Gasteiger partial charge is 0.248 e. The molecule has 0 radical (unpaired) electrons. The molecule has 2 amide bonds. The fourth-order valence-electron chi connectivity index (χ4n) is 4.63. The van der Waals surface area contributed by atoms with Gasteiger partial charge in [0.15, 0.2) is 0 Å². The van der Waals surface area contributed by atoms with E-state index in [-0.39, 0.29) is 12.0 Å². The van der Waals surface area contributed by atoms with Gasteiger partial charge in [0.05, 0.1) is 5.92 Å². The van der Waals surface area contributed by atoms with Crippen LogP contribution in [-0.2, 0) is 9.59 Å². The van der Waals surface area contributed by atoms with Gasteiger partial charge in [-0.3, -0.25) is 24.7 Å². The lowest BCUT2D eigenvalue weighted by Gasteiger charge is -2.44. The summed E-state index contributed by atoms with van der Waals surface area (Å²) in [7, 11) is 1.82. The topological polar surface area (TPSA) is 98.2 Å². The molecule has 0 bridgehead atoms. The molecule has 2 fully saturated rings. The largest absolute Gasteiger partial charge is 0.489 e. The molecule has 0 spiro atoms. The summed E-state index contributed by atoms with van der Waals surface area (Å²) in [5, 5.41) is 9.32. The van der Waals surface area contributed by atoms with Crippen molar-refractivity contribution in [3.8, 4) is 5.75 Å². The maximum Gasteiger partial charge on any atom is 0.248 e. The average Bonchev–Trinajstić information content (AvgIpc) is 2.84. The lowest BCUT2D eigenvalue weighted by molar-refractivity contribution is -0.151. The number of carbonyl (C=O) groups is 2. The molecule has 2 unspecified atom stereocenters. The first-order chi connectivity index (χ1) is 15.6. The minimum absolute atomic E-state index is 0.0869. The van der Waals surface area contributed by atoms with Gasteiger partial charge in [-0.15, -0.1) is 0 Å². The van der Waals surface area contributed by atoms with Crippen LogP contribution in [0.3, 0.4) is 0 Å². The van der Waals surface area contributed by atoms with Crippen LogP contribution in [0.4, 0.5) is 5.69 Å². The highest BCUT2D eigenvalue weighted by atomic mass is 16.5. The third-order valence-corrected chi connectivity index (χ3v) is 6.23. The lowest BCUT2D eigenvalue weighted by Crippen LogP contribution is -2.62. The van der Waals surface area contributed by atoms with E-state index >= 15 is 0 Å². The number of anilines is 1. The normalized spacial score (nSPS) is 24.1. The Kier molecular flexibility index (Phi) is 6.87. The summed E-state index contributed by atoms with van der Waals surface area (Å²) >= 11 is 0. The number of benzene rings is 1. The number of likely N-dealkylation sites (N-methyl/N-ethyl adjacent to an activating group) is 1. The lowest BCUT2D eigenvalue weighted by atomic mass is 9.86. The van der Waals surface area contributed by atoms with Gasteiger partial charge in [0, 0.05) is 50.8 Å². The highest BCUT2D eigenvalue weighted by Crippen LogP contribution is 2.28. The zero-order valence-corrected chi connectivity index (χ0v) is 18.1. The summed E-state index contributed by atoms with van der Waals surface area (Å²) < 4.78 is 6.01. The third-order valence-electron chi connectivity index (χ3n) is 6.23. The van der Waals surface area contributed by atoms with E-state index in [0.717, 1.165) is 18.8 Å². The molecule has 0 aliphatic carbocycles. The Balaban J connectivity index is 1.43. The maximum absolute atomic E-state index is 13.5. The number of pyridine rings is 1. The van der Waals surface area contributed by atoms with Crippen LogP contribution in [0.15, 0.2) is 54.9 Å². The van der Waals surface area contributed by atoms with Gasteiger partial charge in [-0.05, 0) is 37.7 Å². The summed E-state index contributed by atoms with van der Waals surface area (Å²) in [6.45, 7) is 3.14. The second-order valence-electron chi connectivity index (χ2n) is 8.27. The van der Waals surface area contributed by atoms with Crippen LogP contribution in [0.1, 0.15) is 6.42 Å². The van der Waals surface area contributed by atoms with Gasteiger partial charge in [-0.2, -0.15) is 0 Å². The number of rotatable bonds is 5. The summed E-state index contributed by atoms with van der Waals surface area (Å²) in [6.07, 6.45) is 3.32. The first-order valence-electron chi connectivity index (χ1n) is 10.9. The van der Waals surface area contributed by atoms with Gasteiger partial charge in [0.25, 0.3) is 0 Å². The van der Waals surface area contributed by atoms with Crippen molar-refractivity contribution in [2.45, 2.75) is 18.6 Å². The standard InChI is InChI=1S/C23H29N5O4/c1-26-16-19(32-18-7-9-24-10-8-18)15-20(22(29)25-31)21(26)23(30)28-13-11-27(12-14-28)17-5-3-2-4-6-17/h2-10,19-21,31H,11-16H2,1H3,(H,25,29)/t19-,20?,21?/m0/s1. The van der Waals surface area contributed by atoms with Crippen LogP contribution in [0.5, 0.6) is 5.75 Å². The summed E-state index contributed by atoms with van der Waals surface area (Å²) in [5.74, 6) is -0.717. The van der Waals surface area contributed by atoms with Crippen LogP contribution in [0, 0.1) is 5.92 Å². The number of aromatic nitrogens is 1. The number of hydroxylamine groups is 1. The molecule has 2 aromatic rings. The van der Waals surface area contributed by atoms with Crippen LogP contribution < -0.4 is 15.1 Å². The second kappa shape index (κ2) is 9.97. The van der Waals surface area contributed by atoms with Gasteiger partial charge < -0.3 is 14.5 Å². The van der Waals surface area contributed by atoms with Crippen molar-refractivity contribution in [2.75, 3.05) is 44.7 Å². The highest BCUT2D eigenvalue weighted by molar-refractivity contribution is 5.90. The molecule has 9 heteroatoms. The van der Waals surface area contributed by atoms with Gasteiger partial charge in [-0.25, -0.2) is 5.48 Å². The Hall–Kier alpha value is -3.17. The van der Waals surface area contributed by atoms with E-state index in [1.54, 1.807) is 30.0 Å². The summed E-state index contributed by atoms with van der Waals surface area (Å²) in [4.78, 5) is 35.9. The van der Waals surface area contributed by atoms with E-state index in [2.05, 4.69) is 22.0 Å². The molecule has 2 aliphatic rings. The molecule has 3 atom stereocenters. The zero-order valence-electron chi connectivity index (χ0n) is 18.1.